The van der Waals surface area contributed by atoms with E-state index in [0.717, 1.165) is 24.5 Å². The van der Waals surface area contributed by atoms with Gasteiger partial charge in [0, 0.05) is 36.6 Å². The van der Waals surface area contributed by atoms with Crippen molar-refractivity contribution in [2.45, 2.75) is 52.8 Å². The molecule has 1 rings (SSSR count). The topological polar surface area (TPSA) is 47.0 Å². The zero-order chi connectivity index (χ0) is 12.9. The number of nitrogens with zero attached hydrogens (tertiary/aromatic N) is 2. The van der Waals surface area contributed by atoms with E-state index in [9.17, 15) is 0 Å². The highest BCUT2D eigenvalue weighted by molar-refractivity contribution is 5.17. The molecule has 1 N–H and O–H groups in total. The summed E-state index contributed by atoms with van der Waals surface area (Å²) in [6.07, 6.45) is 2.82. The number of aromatic nitrogens is 2. The van der Waals surface area contributed by atoms with Gasteiger partial charge in [0.15, 0.2) is 5.82 Å². The van der Waals surface area contributed by atoms with Crippen LogP contribution >= 0.6 is 0 Å². The van der Waals surface area contributed by atoms with E-state index in [2.05, 4.69) is 43.0 Å². The van der Waals surface area contributed by atoms with Crippen molar-refractivity contribution in [3.63, 3.8) is 0 Å². The number of hydrogen-bond acceptors (Lipinski definition) is 4. The van der Waals surface area contributed by atoms with Gasteiger partial charge in [-0.2, -0.15) is 0 Å². The second kappa shape index (κ2) is 6.07. The lowest BCUT2D eigenvalue weighted by molar-refractivity contribution is 0.177. The third-order valence-corrected chi connectivity index (χ3v) is 2.42. The summed E-state index contributed by atoms with van der Waals surface area (Å²) < 4.78 is 5.04. The van der Waals surface area contributed by atoms with Crippen molar-refractivity contribution in [3.05, 3.63) is 23.3 Å². The lowest BCUT2D eigenvalue weighted by Gasteiger charge is -2.21. The van der Waals surface area contributed by atoms with E-state index in [1.54, 1.807) is 7.11 Å². The van der Waals surface area contributed by atoms with Gasteiger partial charge >= 0.3 is 0 Å². The number of rotatable bonds is 5. The van der Waals surface area contributed by atoms with Gasteiger partial charge in [-0.1, -0.05) is 6.92 Å². The van der Waals surface area contributed by atoms with Gasteiger partial charge in [-0.15, -0.1) is 0 Å². The van der Waals surface area contributed by atoms with Gasteiger partial charge in [-0.3, -0.25) is 0 Å². The van der Waals surface area contributed by atoms with E-state index in [1.165, 1.54) is 5.56 Å². The van der Waals surface area contributed by atoms with Gasteiger partial charge < -0.3 is 10.1 Å². The summed E-state index contributed by atoms with van der Waals surface area (Å²) in [7, 11) is 1.66. The minimum atomic E-state index is 0.107. The Morgan fingerprint density at radius 1 is 1.35 bits per heavy atom. The van der Waals surface area contributed by atoms with Crippen LogP contribution in [0, 0.1) is 0 Å². The number of methoxy groups -OCH3 is 1. The van der Waals surface area contributed by atoms with Crippen molar-refractivity contribution < 1.29 is 4.74 Å². The zero-order valence-electron chi connectivity index (χ0n) is 11.5. The zero-order valence-corrected chi connectivity index (χ0v) is 11.5. The Kier molecular flexibility index (Phi) is 5.02. The average molecular weight is 237 g/mol. The van der Waals surface area contributed by atoms with E-state index in [-0.39, 0.29) is 5.54 Å². The maximum absolute atomic E-state index is 5.04. The summed E-state index contributed by atoms with van der Waals surface area (Å²) in [5.41, 5.74) is 2.38. The molecule has 1 aromatic rings. The van der Waals surface area contributed by atoms with Crippen LogP contribution in [-0.2, 0) is 24.3 Å². The number of nitrogens with one attached hydrogen (secondary N) is 1. The molecule has 17 heavy (non-hydrogen) atoms. The summed E-state index contributed by atoms with van der Waals surface area (Å²) in [6.45, 7) is 9.84. The Labute approximate surface area is 104 Å². The van der Waals surface area contributed by atoms with Crippen molar-refractivity contribution in [2.75, 3.05) is 7.11 Å². The average Bonchev–Trinajstić information content (AvgIpc) is 2.26. The van der Waals surface area contributed by atoms with Crippen molar-refractivity contribution >= 4 is 0 Å². The van der Waals surface area contributed by atoms with Crippen LogP contribution in [0.15, 0.2) is 6.20 Å². The predicted octanol–water partition coefficient (Wildman–Crippen LogP) is 2.07. The molecule has 0 aliphatic rings. The third kappa shape index (κ3) is 4.79. The van der Waals surface area contributed by atoms with Gasteiger partial charge in [-0.25, -0.2) is 9.97 Å². The second-order valence-corrected chi connectivity index (χ2v) is 5.15. The highest BCUT2D eigenvalue weighted by Gasteiger charge is 2.11. The third-order valence-electron chi connectivity index (χ3n) is 2.42. The van der Waals surface area contributed by atoms with Crippen LogP contribution < -0.4 is 5.32 Å². The Morgan fingerprint density at radius 2 is 2.06 bits per heavy atom. The predicted molar refractivity (Wildman–Crippen MR) is 68.7 cm³/mol. The molecule has 0 bridgehead atoms. The maximum atomic E-state index is 5.04. The summed E-state index contributed by atoms with van der Waals surface area (Å²) in [4.78, 5) is 8.81. The molecule has 1 heterocycles. The van der Waals surface area contributed by atoms with Crippen LogP contribution in [0.1, 0.15) is 44.8 Å². The summed E-state index contributed by atoms with van der Waals surface area (Å²) in [5.74, 6) is 0.754. The fourth-order valence-corrected chi connectivity index (χ4v) is 1.50. The molecule has 0 amide bonds. The molecule has 0 aromatic carbocycles. The molecular weight excluding hydrogens is 214 g/mol. The fraction of sp³-hybridized carbons (Fsp3) is 0.692. The maximum Gasteiger partial charge on any atom is 0.154 e. The van der Waals surface area contributed by atoms with Crippen LogP contribution in [-0.4, -0.2) is 22.6 Å². The molecule has 1 aromatic heterocycles. The smallest absolute Gasteiger partial charge is 0.154 e. The van der Waals surface area contributed by atoms with Crippen LogP contribution in [0.4, 0.5) is 0 Å². The van der Waals surface area contributed by atoms with E-state index < -0.39 is 0 Å². The number of aryl methyl sites for hydroxylation is 1. The lowest BCUT2D eigenvalue weighted by atomic mass is 10.1. The molecule has 0 aliphatic heterocycles. The minimum Gasteiger partial charge on any atom is -0.377 e. The highest BCUT2D eigenvalue weighted by atomic mass is 16.5. The summed E-state index contributed by atoms with van der Waals surface area (Å²) >= 11 is 0. The van der Waals surface area contributed by atoms with E-state index in [0.29, 0.717) is 6.61 Å². The Bertz CT molecular complexity index is 358. The summed E-state index contributed by atoms with van der Waals surface area (Å²) in [5, 5.41) is 3.45. The Morgan fingerprint density at radius 3 is 2.59 bits per heavy atom. The monoisotopic (exact) mass is 237 g/mol. The van der Waals surface area contributed by atoms with Crippen molar-refractivity contribution in [3.8, 4) is 0 Å². The van der Waals surface area contributed by atoms with E-state index in [1.807, 2.05) is 6.20 Å². The quantitative estimate of drug-likeness (QED) is 0.851. The molecule has 0 fully saturated rings. The van der Waals surface area contributed by atoms with E-state index in [4.69, 9.17) is 4.74 Å². The molecule has 4 nitrogen and oxygen atoms in total. The normalized spacial score (nSPS) is 11.8. The van der Waals surface area contributed by atoms with Gasteiger partial charge in [0.25, 0.3) is 0 Å². The van der Waals surface area contributed by atoms with Gasteiger partial charge in [0.2, 0.25) is 0 Å². The largest absolute Gasteiger partial charge is 0.377 e. The lowest BCUT2D eigenvalue weighted by Crippen LogP contribution is -2.35. The van der Waals surface area contributed by atoms with Gasteiger partial charge in [-0.05, 0) is 27.2 Å². The van der Waals surface area contributed by atoms with Crippen LogP contribution in [0.3, 0.4) is 0 Å². The molecule has 0 atom stereocenters. The van der Waals surface area contributed by atoms with Crippen LogP contribution in [0.25, 0.3) is 0 Å². The standard InChI is InChI=1S/C13H23N3O/c1-6-11-10(8-15-13(2,3)4)7-14-12(16-11)9-17-5/h7,15H,6,8-9H2,1-5H3. The van der Waals surface area contributed by atoms with Crippen molar-refractivity contribution in [1.82, 2.24) is 15.3 Å². The molecule has 0 spiro atoms. The van der Waals surface area contributed by atoms with Crippen LogP contribution in [0.2, 0.25) is 0 Å². The molecule has 0 unspecified atom stereocenters. The molecule has 4 heteroatoms. The molecule has 0 saturated carbocycles. The van der Waals surface area contributed by atoms with Crippen molar-refractivity contribution in [1.29, 1.82) is 0 Å². The first kappa shape index (κ1) is 14.1. The van der Waals surface area contributed by atoms with Crippen LogP contribution in [0.5, 0.6) is 0 Å². The van der Waals surface area contributed by atoms with Crippen molar-refractivity contribution in [2.24, 2.45) is 0 Å². The van der Waals surface area contributed by atoms with Gasteiger partial charge in [0.1, 0.15) is 6.61 Å². The Hall–Kier alpha value is -1.00. The second-order valence-electron chi connectivity index (χ2n) is 5.15. The highest BCUT2D eigenvalue weighted by Crippen LogP contribution is 2.09. The first-order valence-electron chi connectivity index (χ1n) is 6.04. The van der Waals surface area contributed by atoms with Gasteiger partial charge in [0.05, 0.1) is 0 Å². The first-order valence-corrected chi connectivity index (χ1v) is 6.04. The minimum absolute atomic E-state index is 0.107. The molecule has 96 valence electrons. The molecular formula is C13H23N3O. The molecule has 0 aliphatic carbocycles. The fourth-order valence-electron chi connectivity index (χ4n) is 1.50. The number of hydrogen-bond donors (Lipinski definition) is 1. The first-order chi connectivity index (χ1) is 7.96. The Balaban J connectivity index is 2.78. The van der Waals surface area contributed by atoms with E-state index >= 15 is 0 Å². The molecule has 0 saturated heterocycles. The number of ether oxygens (including phenoxy) is 1. The molecule has 0 radical (unpaired) electrons. The SMILES string of the molecule is CCc1nc(COC)ncc1CNC(C)(C)C. The summed E-state index contributed by atoms with van der Waals surface area (Å²) in [6, 6.07) is 0.